The molecule has 31 heavy (non-hydrogen) atoms. The number of nitrogens with zero attached hydrogens (tertiary/aromatic N) is 2. The highest BCUT2D eigenvalue weighted by atomic mass is 32.2. The van der Waals surface area contributed by atoms with E-state index in [1.54, 1.807) is 25.3 Å². The van der Waals surface area contributed by atoms with Crippen LogP contribution in [0.1, 0.15) is 12.1 Å². The molecule has 0 saturated carbocycles. The van der Waals surface area contributed by atoms with E-state index in [-0.39, 0.29) is 30.2 Å². The molecule has 2 heterocycles. The van der Waals surface area contributed by atoms with Crippen molar-refractivity contribution in [2.75, 3.05) is 13.1 Å². The van der Waals surface area contributed by atoms with Crippen molar-refractivity contribution in [3.05, 3.63) is 70.3 Å². The first-order valence-corrected chi connectivity index (χ1v) is 10.6. The molecular formula is C19H20F3N3O5S. The van der Waals surface area contributed by atoms with Crippen LogP contribution in [0.3, 0.4) is 0 Å². The first kappa shape index (κ1) is 22.8. The summed E-state index contributed by atoms with van der Waals surface area (Å²) in [5.74, 6) is -0.496. The average molecular weight is 459 g/mol. The second kappa shape index (κ2) is 9.12. The van der Waals surface area contributed by atoms with Crippen LogP contribution in [0.25, 0.3) is 0 Å². The largest absolute Gasteiger partial charge is 0.573 e. The van der Waals surface area contributed by atoms with Crippen molar-refractivity contribution in [3.8, 4) is 5.75 Å². The van der Waals surface area contributed by atoms with Crippen molar-refractivity contribution >= 4 is 10.0 Å². The molecule has 2 aromatic rings. The first-order chi connectivity index (χ1) is 14.6. The van der Waals surface area contributed by atoms with Crippen molar-refractivity contribution < 1.29 is 31.2 Å². The minimum Gasteiger partial charge on any atom is -0.406 e. The highest BCUT2D eigenvalue weighted by molar-refractivity contribution is 7.89. The van der Waals surface area contributed by atoms with Gasteiger partial charge in [-0.25, -0.2) is 8.42 Å². The number of alkyl halides is 3. The van der Waals surface area contributed by atoms with Crippen LogP contribution in [0, 0.1) is 0 Å². The highest BCUT2D eigenvalue weighted by Gasteiger charge is 2.31. The van der Waals surface area contributed by atoms with Crippen molar-refractivity contribution in [1.82, 2.24) is 14.4 Å². The normalized spacial score (nSPS) is 15.4. The van der Waals surface area contributed by atoms with Crippen LogP contribution in [0.2, 0.25) is 0 Å². The minimum absolute atomic E-state index is 0.0681. The van der Waals surface area contributed by atoms with E-state index in [2.05, 4.69) is 10.2 Å². The molecule has 0 amide bonds. The molecule has 1 aliphatic rings. The summed E-state index contributed by atoms with van der Waals surface area (Å²) in [5.41, 5.74) is 3.95. The van der Waals surface area contributed by atoms with Crippen molar-refractivity contribution in [2.24, 2.45) is 7.05 Å². The van der Waals surface area contributed by atoms with Gasteiger partial charge in [-0.3, -0.25) is 15.1 Å². The maximum absolute atomic E-state index is 12.7. The van der Waals surface area contributed by atoms with Crippen molar-refractivity contribution in [2.45, 2.75) is 24.3 Å². The van der Waals surface area contributed by atoms with Crippen LogP contribution < -0.4 is 15.8 Å². The zero-order valence-electron chi connectivity index (χ0n) is 16.4. The summed E-state index contributed by atoms with van der Waals surface area (Å²) >= 11 is 0. The maximum Gasteiger partial charge on any atom is 0.573 e. The number of hydrogen-bond acceptors (Lipinski definition) is 6. The molecule has 0 bridgehead atoms. The number of benzene rings is 1. The fraction of sp³-hybridized carbons (Fsp3) is 0.316. The molecule has 168 valence electrons. The van der Waals surface area contributed by atoms with E-state index in [1.807, 2.05) is 0 Å². The molecule has 12 heteroatoms. The Morgan fingerprint density at radius 2 is 1.84 bits per heavy atom. The van der Waals surface area contributed by atoms with Gasteiger partial charge in [0.15, 0.2) is 0 Å². The number of nitrogens with one attached hydrogen (secondary N) is 1. The summed E-state index contributed by atoms with van der Waals surface area (Å²) in [6, 6.07) is 8.87. The Kier molecular flexibility index (Phi) is 6.72. The molecule has 1 aliphatic heterocycles. The number of aromatic nitrogens is 1. The average Bonchev–Trinajstić information content (AvgIpc) is 2.71. The molecule has 1 aromatic heterocycles. The molecule has 0 aliphatic carbocycles. The molecular weight excluding hydrogens is 439 g/mol. The van der Waals surface area contributed by atoms with Crippen molar-refractivity contribution in [1.29, 1.82) is 0 Å². The van der Waals surface area contributed by atoms with Gasteiger partial charge in [-0.05, 0) is 36.4 Å². The summed E-state index contributed by atoms with van der Waals surface area (Å²) in [4.78, 5) is 16.9. The van der Waals surface area contributed by atoms with E-state index in [1.165, 1.54) is 14.9 Å². The van der Waals surface area contributed by atoms with Gasteiger partial charge < -0.3 is 9.30 Å². The molecule has 3 rings (SSSR count). The van der Waals surface area contributed by atoms with E-state index in [9.17, 15) is 26.4 Å². The Morgan fingerprint density at radius 1 is 1.13 bits per heavy atom. The molecule has 0 radical (unpaired) electrons. The summed E-state index contributed by atoms with van der Waals surface area (Å²) in [7, 11) is -2.24. The Labute approximate surface area is 176 Å². The number of halogens is 3. The number of pyridine rings is 1. The Morgan fingerprint density at radius 3 is 2.45 bits per heavy atom. The van der Waals surface area contributed by atoms with Gasteiger partial charge in [0.2, 0.25) is 10.0 Å². The molecule has 1 N–H and O–H groups in total. The van der Waals surface area contributed by atoms with E-state index >= 15 is 0 Å². The monoisotopic (exact) mass is 459 g/mol. The SMILES string of the molecule is Cn1c(CONC2=CCN(S(=O)(=O)c3ccc(OC(F)(F)F)cc3)CC2)cccc1=O. The number of hydroxylamine groups is 1. The van der Waals surface area contributed by atoms with Crippen molar-refractivity contribution in [3.63, 3.8) is 0 Å². The summed E-state index contributed by atoms with van der Waals surface area (Å²) < 4.78 is 68.5. The summed E-state index contributed by atoms with van der Waals surface area (Å²) in [6.07, 6.45) is -2.85. The fourth-order valence-electron chi connectivity index (χ4n) is 2.88. The third-order valence-corrected chi connectivity index (χ3v) is 6.46. The van der Waals surface area contributed by atoms with E-state index in [4.69, 9.17) is 4.84 Å². The smallest absolute Gasteiger partial charge is 0.406 e. The van der Waals surface area contributed by atoms with Crippen LogP contribution >= 0.6 is 0 Å². The zero-order chi connectivity index (χ0) is 22.6. The van der Waals surface area contributed by atoms with E-state index < -0.39 is 22.1 Å². The summed E-state index contributed by atoms with van der Waals surface area (Å²) in [5, 5.41) is 0. The standard InChI is InChI=1S/C19H20F3N3O5S/c1-24-15(3-2-4-18(24)26)13-29-23-14-9-11-25(12-10-14)31(27,28)17-7-5-16(6-8-17)30-19(20,21)22/h2-9,23H,10-13H2,1H3. The fourth-order valence-corrected chi connectivity index (χ4v) is 4.26. The predicted molar refractivity (Wildman–Crippen MR) is 104 cm³/mol. The van der Waals surface area contributed by atoms with Crippen LogP contribution in [0.15, 0.2) is 63.9 Å². The van der Waals surface area contributed by atoms with Gasteiger partial charge in [-0.15, -0.1) is 13.2 Å². The Hall–Kier alpha value is -2.83. The minimum atomic E-state index is -4.85. The molecule has 0 saturated heterocycles. The molecule has 8 nitrogen and oxygen atoms in total. The molecule has 0 unspecified atom stereocenters. The van der Waals surface area contributed by atoms with Crippen LogP contribution in [0.4, 0.5) is 13.2 Å². The topological polar surface area (TPSA) is 89.9 Å². The predicted octanol–water partition coefficient (Wildman–Crippen LogP) is 2.28. The number of rotatable bonds is 7. The van der Waals surface area contributed by atoms with Gasteiger partial charge in [0.1, 0.15) is 12.4 Å². The lowest BCUT2D eigenvalue weighted by molar-refractivity contribution is -0.274. The van der Waals surface area contributed by atoms with E-state index in [0.717, 1.165) is 24.3 Å². The lowest BCUT2D eigenvalue weighted by Crippen LogP contribution is -2.36. The molecule has 1 aromatic carbocycles. The number of hydrogen-bond donors (Lipinski definition) is 1. The maximum atomic E-state index is 12.7. The third-order valence-electron chi connectivity index (χ3n) is 4.58. The lowest BCUT2D eigenvalue weighted by Gasteiger charge is -2.26. The highest BCUT2D eigenvalue weighted by Crippen LogP contribution is 2.26. The van der Waals surface area contributed by atoms with Gasteiger partial charge in [-0.2, -0.15) is 4.31 Å². The zero-order valence-corrected chi connectivity index (χ0v) is 17.2. The molecule has 0 atom stereocenters. The van der Waals surface area contributed by atoms with Gasteiger partial charge in [0.05, 0.1) is 4.90 Å². The molecule has 0 spiro atoms. The molecule has 0 fully saturated rings. The Balaban J connectivity index is 1.57. The van der Waals surface area contributed by atoms with Gasteiger partial charge in [0.25, 0.3) is 5.56 Å². The number of sulfonamides is 1. The quantitative estimate of drug-likeness (QED) is 0.639. The Bertz CT molecular complexity index is 1110. The second-order valence-corrected chi connectivity index (χ2v) is 8.60. The third kappa shape index (κ3) is 5.87. The van der Waals surface area contributed by atoms with Gasteiger partial charge in [0, 0.05) is 44.0 Å². The first-order valence-electron chi connectivity index (χ1n) is 9.14. The second-order valence-electron chi connectivity index (χ2n) is 6.67. The van der Waals surface area contributed by atoms with E-state index in [0.29, 0.717) is 17.8 Å². The lowest BCUT2D eigenvalue weighted by atomic mass is 10.2. The van der Waals surface area contributed by atoms with Crippen LogP contribution in [0.5, 0.6) is 5.75 Å². The van der Waals surface area contributed by atoms with Crippen LogP contribution in [-0.4, -0.2) is 36.7 Å². The summed E-state index contributed by atoms with van der Waals surface area (Å²) in [6.45, 7) is 0.367. The van der Waals surface area contributed by atoms with Gasteiger partial charge in [-0.1, -0.05) is 6.07 Å². The number of ether oxygens (including phenoxy) is 1. The van der Waals surface area contributed by atoms with Crippen LogP contribution in [-0.2, 0) is 28.5 Å². The van der Waals surface area contributed by atoms with Gasteiger partial charge >= 0.3 is 6.36 Å².